The van der Waals surface area contributed by atoms with Gasteiger partial charge in [-0.2, -0.15) is 0 Å². The highest BCUT2D eigenvalue weighted by atomic mass is 79.9. The lowest BCUT2D eigenvalue weighted by atomic mass is 10.2. The number of hydrogen-bond donors (Lipinski definition) is 0. The van der Waals surface area contributed by atoms with E-state index in [0.29, 0.717) is 11.6 Å². The molecule has 0 unspecified atom stereocenters. The molecule has 0 atom stereocenters. The normalized spacial score (nSPS) is 11.4. The van der Waals surface area contributed by atoms with Crippen molar-refractivity contribution in [3.05, 3.63) is 62.1 Å². The lowest BCUT2D eigenvalue weighted by Crippen LogP contribution is -2.19. The third-order valence-electron chi connectivity index (χ3n) is 3.95. The molecule has 3 rings (SSSR count). The molecule has 0 radical (unpaired) electrons. The maximum atomic E-state index is 6.26. The number of hydrogen-bond acceptors (Lipinski definition) is 2. The third-order valence-corrected chi connectivity index (χ3v) is 5.54. The Morgan fingerprint density at radius 1 is 1.12 bits per heavy atom. The van der Waals surface area contributed by atoms with Crippen LogP contribution in [-0.2, 0) is 6.54 Å². The van der Waals surface area contributed by atoms with Crippen molar-refractivity contribution in [3.63, 3.8) is 0 Å². The number of benzene rings is 2. The smallest absolute Gasteiger partial charge is 0.144 e. The summed E-state index contributed by atoms with van der Waals surface area (Å²) in [5.74, 6) is 0.854. The lowest BCUT2D eigenvalue weighted by Gasteiger charge is -2.10. The fourth-order valence-electron chi connectivity index (χ4n) is 2.71. The zero-order valence-corrected chi connectivity index (χ0v) is 18.0. The Balaban J connectivity index is 2.01. The Morgan fingerprint density at radius 3 is 2.60 bits per heavy atom. The summed E-state index contributed by atoms with van der Waals surface area (Å²) >= 11 is 13.5. The van der Waals surface area contributed by atoms with Crippen LogP contribution < -0.4 is 4.74 Å². The molecule has 3 aromatic rings. The quantitative estimate of drug-likeness (QED) is 0.438. The van der Waals surface area contributed by atoms with Crippen molar-refractivity contribution < 1.29 is 4.74 Å². The Morgan fingerprint density at radius 2 is 1.88 bits per heavy atom. The number of nitrogens with zero attached hydrogens (tertiary/aromatic N) is 2. The summed E-state index contributed by atoms with van der Waals surface area (Å²) < 4.78 is 10.3. The number of aromatic nitrogens is 1. The van der Waals surface area contributed by atoms with Crippen molar-refractivity contribution in [1.82, 2.24) is 9.47 Å². The van der Waals surface area contributed by atoms with E-state index in [1.807, 2.05) is 38.4 Å². The Labute approximate surface area is 169 Å². The largest absolute Gasteiger partial charge is 0.490 e. The van der Waals surface area contributed by atoms with Gasteiger partial charge in [-0.05, 0) is 53.8 Å². The van der Waals surface area contributed by atoms with E-state index >= 15 is 0 Å². The zero-order valence-electron chi connectivity index (χ0n) is 14.1. The number of halogens is 3. The van der Waals surface area contributed by atoms with Crippen LogP contribution in [0.1, 0.15) is 5.56 Å². The Kier molecular flexibility index (Phi) is 6.10. The summed E-state index contributed by atoms with van der Waals surface area (Å²) in [6, 6.07) is 12.1. The first-order valence-electron chi connectivity index (χ1n) is 7.94. The number of fused-ring (bicyclic) bond motifs is 1. The molecule has 0 N–H and O–H groups in total. The highest BCUT2D eigenvalue weighted by molar-refractivity contribution is 9.11. The molecule has 0 saturated carbocycles. The predicted molar refractivity (Wildman–Crippen MR) is 112 cm³/mol. The molecule has 0 aliphatic rings. The van der Waals surface area contributed by atoms with E-state index in [0.717, 1.165) is 38.7 Å². The van der Waals surface area contributed by atoms with Gasteiger partial charge in [0.1, 0.15) is 12.4 Å². The molecule has 25 heavy (non-hydrogen) atoms. The van der Waals surface area contributed by atoms with Crippen LogP contribution in [0.4, 0.5) is 0 Å². The molecule has 0 bridgehead atoms. The van der Waals surface area contributed by atoms with E-state index in [-0.39, 0.29) is 0 Å². The van der Waals surface area contributed by atoms with Gasteiger partial charge in [-0.3, -0.25) is 0 Å². The second kappa shape index (κ2) is 8.12. The Hall–Kier alpha value is -1.01. The average Bonchev–Trinajstić information content (AvgIpc) is 2.87. The molecular formula is C19H19Br2ClN2O. The molecular weight excluding hydrogens is 467 g/mol. The first-order valence-corrected chi connectivity index (χ1v) is 9.91. The molecule has 1 heterocycles. The van der Waals surface area contributed by atoms with Crippen LogP contribution in [0.25, 0.3) is 10.9 Å². The minimum atomic E-state index is 0.630. The van der Waals surface area contributed by atoms with Crippen molar-refractivity contribution in [1.29, 1.82) is 0 Å². The van der Waals surface area contributed by atoms with Crippen LogP contribution in [-0.4, -0.2) is 36.7 Å². The summed E-state index contributed by atoms with van der Waals surface area (Å²) in [5.41, 5.74) is 2.29. The summed E-state index contributed by atoms with van der Waals surface area (Å²) in [6.45, 7) is 2.24. The van der Waals surface area contributed by atoms with Gasteiger partial charge in [0.15, 0.2) is 0 Å². The first-order chi connectivity index (χ1) is 12.0. The van der Waals surface area contributed by atoms with E-state index in [9.17, 15) is 0 Å². The minimum Gasteiger partial charge on any atom is -0.490 e. The van der Waals surface area contributed by atoms with Gasteiger partial charge in [0, 0.05) is 38.6 Å². The first kappa shape index (κ1) is 18.8. The summed E-state index contributed by atoms with van der Waals surface area (Å²) in [4.78, 5) is 2.10. The lowest BCUT2D eigenvalue weighted by molar-refractivity contribution is 0.263. The van der Waals surface area contributed by atoms with Gasteiger partial charge in [0.05, 0.1) is 5.52 Å². The van der Waals surface area contributed by atoms with Gasteiger partial charge in [0.2, 0.25) is 0 Å². The monoisotopic (exact) mass is 484 g/mol. The predicted octanol–water partition coefficient (Wildman–Crippen LogP) is 5.81. The van der Waals surface area contributed by atoms with E-state index in [2.05, 4.69) is 59.7 Å². The van der Waals surface area contributed by atoms with Crippen molar-refractivity contribution >= 4 is 54.4 Å². The highest BCUT2D eigenvalue weighted by Crippen LogP contribution is 2.36. The second-order valence-electron chi connectivity index (χ2n) is 6.15. The number of rotatable bonds is 6. The molecule has 0 spiro atoms. The van der Waals surface area contributed by atoms with E-state index in [1.54, 1.807) is 0 Å². The fourth-order valence-corrected chi connectivity index (χ4v) is 4.16. The molecule has 132 valence electrons. The van der Waals surface area contributed by atoms with E-state index in [4.69, 9.17) is 16.3 Å². The van der Waals surface area contributed by atoms with Crippen LogP contribution in [0.2, 0.25) is 5.02 Å². The van der Waals surface area contributed by atoms with Gasteiger partial charge in [-0.15, -0.1) is 0 Å². The van der Waals surface area contributed by atoms with Crippen LogP contribution in [0.3, 0.4) is 0 Å². The molecule has 0 aliphatic carbocycles. The maximum Gasteiger partial charge on any atom is 0.144 e. The topological polar surface area (TPSA) is 17.4 Å². The molecule has 0 saturated heterocycles. The molecule has 3 nitrogen and oxygen atoms in total. The van der Waals surface area contributed by atoms with Gasteiger partial charge in [-0.25, -0.2) is 0 Å². The highest BCUT2D eigenvalue weighted by Gasteiger charge is 2.15. The molecule has 2 aromatic carbocycles. The number of likely N-dealkylation sites (N-methyl/N-ethyl adjacent to an activating group) is 1. The standard InChI is InChI=1S/C19H19Br2ClN2O/c1-23(2)7-8-25-18-12-24(11-13-5-3-4-6-16(13)20)19-15(18)9-14(22)10-17(19)21/h3-6,9-10,12H,7-8,11H2,1-2H3. The molecule has 0 fully saturated rings. The number of ether oxygens (including phenoxy) is 1. The molecule has 6 heteroatoms. The molecule has 1 aromatic heterocycles. The summed E-state index contributed by atoms with van der Waals surface area (Å²) in [6.07, 6.45) is 2.06. The van der Waals surface area contributed by atoms with Crippen LogP contribution in [0, 0.1) is 0 Å². The SMILES string of the molecule is CN(C)CCOc1cn(Cc2ccccc2Br)c2c(Br)cc(Cl)cc12. The van der Waals surface area contributed by atoms with Gasteiger partial charge in [0.25, 0.3) is 0 Å². The second-order valence-corrected chi connectivity index (χ2v) is 8.29. The van der Waals surface area contributed by atoms with E-state index in [1.165, 1.54) is 5.56 Å². The Bertz CT molecular complexity index is 893. The van der Waals surface area contributed by atoms with Crippen molar-refractivity contribution in [3.8, 4) is 5.75 Å². The molecule has 0 amide bonds. The van der Waals surface area contributed by atoms with E-state index < -0.39 is 0 Å². The third kappa shape index (κ3) is 4.40. The zero-order chi connectivity index (χ0) is 18.0. The maximum absolute atomic E-state index is 6.26. The molecule has 0 aliphatic heterocycles. The minimum absolute atomic E-state index is 0.630. The fraction of sp³-hybridized carbons (Fsp3) is 0.263. The summed E-state index contributed by atoms with van der Waals surface area (Å²) in [7, 11) is 4.07. The van der Waals surface area contributed by atoms with Crippen LogP contribution >= 0.6 is 43.5 Å². The van der Waals surface area contributed by atoms with Crippen molar-refractivity contribution in [2.75, 3.05) is 27.2 Å². The van der Waals surface area contributed by atoms with Crippen molar-refractivity contribution in [2.24, 2.45) is 0 Å². The van der Waals surface area contributed by atoms with Crippen LogP contribution in [0.15, 0.2) is 51.5 Å². The summed E-state index contributed by atoms with van der Waals surface area (Å²) in [5, 5.41) is 1.71. The average molecular weight is 487 g/mol. The van der Waals surface area contributed by atoms with Crippen molar-refractivity contribution in [2.45, 2.75) is 6.54 Å². The van der Waals surface area contributed by atoms with Gasteiger partial charge < -0.3 is 14.2 Å². The van der Waals surface area contributed by atoms with Crippen LogP contribution in [0.5, 0.6) is 5.75 Å². The van der Waals surface area contributed by atoms with Gasteiger partial charge in [-0.1, -0.05) is 45.7 Å². The van der Waals surface area contributed by atoms with Gasteiger partial charge >= 0.3 is 0 Å².